The average Bonchev–Trinajstić information content (AvgIpc) is 2.87. The summed E-state index contributed by atoms with van der Waals surface area (Å²) in [5.41, 5.74) is 3.75. The van der Waals surface area contributed by atoms with Gasteiger partial charge < -0.3 is 14.2 Å². The minimum atomic E-state index is -0.714. The standard InChI is InChI=1S/C30H33NO6/c1-6-17(2)36-30(34)27-18(3)31-25-15-22(20-7-11-23(35-5)12-8-20)16-26(33)29(25)28(27)21-9-13-24(14-10-21)37-19(4)32/h7-14,17,22,27-28H,6,15-16H2,1-5H3/t17-,22-,27?,28+/m1/s1. The minimum absolute atomic E-state index is 0.00989. The molecular formula is C30H33NO6. The van der Waals surface area contributed by atoms with Crippen LogP contribution in [0.15, 0.2) is 64.8 Å². The Balaban J connectivity index is 1.74. The Bertz CT molecular complexity index is 1240. The number of carbonyl (C=O) groups is 3. The van der Waals surface area contributed by atoms with Gasteiger partial charge in [-0.3, -0.25) is 19.4 Å². The van der Waals surface area contributed by atoms with Crippen molar-refractivity contribution in [3.63, 3.8) is 0 Å². The molecule has 1 unspecified atom stereocenters. The van der Waals surface area contributed by atoms with E-state index in [9.17, 15) is 14.4 Å². The third-order valence-electron chi connectivity index (χ3n) is 7.12. The van der Waals surface area contributed by atoms with Gasteiger partial charge in [-0.2, -0.15) is 0 Å². The molecule has 7 heteroatoms. The number of carbonyl (C=O) groups excluding carboxylic acids is 3. The van der Waals surface area contributed by atoms with Crippen LogP contribution in [0.5, 0.6) is 11.5 Å². The number of esters is 2. The van der Waals surface area contributed by atoms with Crippen LogP contribution in [-0.4, -0.2) is 36.6 Å². The number of Topliss-reactive ketones (excluding diaryl/α,β-unsaturated/α-hetero) is 1. The summed E-state index contributed by atoms with van der Waals surface area (Å²) in [7, 11) is 1.62. The summed E-state index contributed by atoms with van der Waals surface area (Å²) >= 11 is 0. The fourth-order valence-electron chi connectivity index (χ4n) is 5.10. The van der Waals surface area contributed by atoms with E-state index in [1.54, 1.807) is 31.4 Å². The normalized spacial score (nSPS) is 22.0. The maximum Gasteiger partial charge on any atom is 0.315 e. The third kappa shape index (κ3) is 5.66. The predicted molar refractivity (Wildman–Crippen MR) is 140 cm³/mol. The van der Waals surface area contributed by atoms with Crippen LogP contribution in [0.25, 0.3) is 0 Å². The molecule has 2 aliphatic rings. The predicted octanol–water partition coefficient (Wildman–Crippen LogP) is 5.54. The van der Waals surface area contributed by atoms with Gasteiger partial charge in [0.15, 0.2) is 5.78 Å². The number of rotatable bonds is 7. The van der Waals surface area contributed by atoms with Gasteiger partial charge in [-0.25, -0.2) is 0 Å². The number of hydrogen-bond acceptors (Lipinski definition) is 7. The minimum Gasteiger partial charge on any atom is -0.497 e. The lowest BCUT2D eigenvalue weighted by Crippen LogP contribution is -2.39. The van der Waals surface area contributed by atoms with Crippen LogP contribution in [0.1, 0.15) is 69.9 Å². The van der Waals surface area contributed by atoms with Gasteiger partial charge in [-0.1, -0.05) is 31.2 Å². The second-order valence-electron chi connectivity index (χ2n) is 9.69. The molecule has 0 saturated heterocycles. The maximum absolute atomic E-state index is 13.7. The van der Waals surface area contributed by atoms with E-state index in [0.29, 0.717) is 36.3 Å². The second kappa shape index (κ2) is 11.1. The molecule has 1 aliphatic carbocycles. The summed E-state index contributed by atoms with van der Waals surface area (Å²) in [6.07, 6.45) is 1.37. The molecule has 37 heavy (non-hydrogen) atoms. The third-order valence-corrected chi connectivity index (χ3v) is 7.12. The lowest BCUT2D eigenvalue weighted by atomic mass is 9.69. The molecule has 194 valence electrons. The molecule has 2 aromatic carbocycles. The molecule has 1 aliphatic heterocycles. The molecule has 0 bridgehead atoms. The highest BCUT2D eigenvalue weighted by molar-refractivity contribution is 6.09. The van der Waals surface area contributed by atoms with Crippen LogP contribution in [0.4, 0.5) is 0 Å². The number of benzene rings is 2. The van der Waals surface area contributed by atoms with Crippen molar-refractivity contribution in [1.82, 2.24) is 0 Å². The van der Waals surface area contributed by atoms with Crippen LogP contribution >= 0.6 is 0 Å². The van der Waals surface area contributed by atoms with E-state index in [-0.39, 0.29) is 23.8 Å². The summed E-state index contributed by atoms with van der Waals surface area (Å²) in [5, 5.41) is 0. The molecular weight excluding hydrogens is 470 g/mol. The monoisotopic (exact) mass is 503 g/mol. The summed E-state index contributed by atoms with van der Waals surface area (Å²) in [6, 6.07) is 14.7. The lowest BCUT2D eigenvalue weighted by Gasteiger charge is -2.37. The molecule has 0 N–H and O–H groups in total. The molecule has 0 spiro atoms. The first-order valence-corrected chi connectivity index (χ1v) is 12.7. The highest BCUT2D eigenvalue weighted by Gasteiger charge is 2.45. The van der Waals surface area contributed by atoms with Crippen LogP contribution in [0, 0.1) is 5.92 Å². The van der Waals surface area contributed by atoms with Crippen LogP contribution in [0.2, 0.25) is 0 Å². The number of allylic oxidation sites excluding steroid dienone is 2. The number of ketones is 1. The van der Waals surface area contributed by atoms with E-state index in [4.69, 9.17) is 19.2 Å². The average molecular weight is 504 g/mol. The quantitative estimate of drug-likeness (QED) is 0.364. The summed E-state index contributed by atoms with van der Waals surface area (Å²) < 4.78 is 16.2. The van der Waals surface area contributed by atoms with E-state index >= 15 is 0 Å². The van der Waals surface area contributed by atoms with Crippen molar-refractivity contribution in [1.29, 1.82) is 0 Å². The van der Waals surface area contributed by atoms with E-state index in [2.05, 4.69) is 0 Å². The van der Waals surface area contributed by atoms with Crippen LogP contribution in [0.3, 0.4) is 0 Å². The molecule has 2 aromatic rings. The molecule has 0 fully saturated rings. The van der Waals surface area contributed by atoms with Crippen LogP contribution < -0.4 is 9.47 Å². The SMILES string of the molecule is CC[C@@H](C)OC(=O)C1C(C)=NC2=C(C(=O)C[C@H](c3ccc(OC)cc3)C2)[C@H]1c1ccc(OC(C)=O)cc1. The van der Waals surface area contributed by atoms with E-state index < -0.39 is 17.8 Å². The number of methoxy groups -OCH3 is 1. The number of hydrogen-bond donors (Lipinski definition) is 0. The van der Waals surface area contributed by atoms with Crippen LogP contribution in [-0.2, 0) is 19.1 Å². The fraction of sp³-hybridized carbons (Fsp3) is 0.400. The first kappa shape index (κ1) is 26.3. The Morgan fingerprint density at radius 1 is 1.00 bits per heavy atom. The Morgan fingerprint density at radius 3 is 2.22 bits per heavy atom. The molecule has 7 nitrogen and oxygen atoms in total. The largest absolute Gasteiger partial charge is 0.497 e. The van der Waals surface area contributed by atoms with Gasteiger partial charge in [0.25, 0.3) is 0 Å². The van der Waals surface area contributed by atoms with E-state index in [0.717, 1.165) is 22.6 Å². The van der Waals surface area contributed by atoms with Crippen molar-refractivity contribution in [2.45, 2.75) is 64.9 Å². The number of aliphatic imine (C=N–C) groups is 1. The Labute approximate surface area is 217 Å². The summed E-state index contributed by atoms with van der Waals surface area (Å²) in [5.74, 6) is -0.912. The Morgan fingerprint density at radius 2 is 1.62 bits per heavy atom. The Kier molecular flexibility index (Phi) is 7.91. The zero-order valence-electron chi connectivity index (χ0n) is 21.9. The van der Waals surface area contributed by atoms with Crippen molar-refractivity contribution in [3.8, 4) is 11.5 Å². The van der Waals surface area contributed by atoms with Gasteiger partial charge in [0, 0.05) is 36.2 Å². The van der Waals surface area contributed by atoms with Gasteiger partial charge in [0.2, 0.25) is 0 Å². The molecule has 0 aromatic heterocycles. The smallest absolute Gasteiger partial charge is 0.315 e. The van der Waals surface area contributed by atoms with Crippen molar-refractivity contribution in [2.75, 3.05) is 7.11 Å². The lowest BCUT2D eigenvalue weighted by molar-refractivity contribution is -0.151. The first-order valence-electron chi connectivity index (χ1n) is 12.7. The van der Waals surface area contributed by atoms with Gasteiger partial charge in [0.05, 0.1) is 13.2 Å². The van der Waals surface area contributed by atoms with Gasteiger partial charge in [0.1, 0.15) is 17.4 Å². The molecule has 0 saturated carbocycles. The highest BCUT2D eigenvalue weighted by Crippen LogP contribution is 2.47. The van der Waals surface area contributed by atoms with Crippen molar-refractivity contribution in [2.24, 2.45) is 10.9 Å². The van der Waals surface area contributed by atoms with Crippen molar-refractivity contribution < 1.29 is 28.6 Å². The van der Waals surface area contributed by atoms with Gasteiger partial charge >= 0.3 is 11.9 Å². The summed E-state index contributed by atoms with van der Waals surface area (Å²) in [4.78, 5) is 43.3. The number of ether oxygens (including phenoxy) is 3. The van der Waals surface area contributed by atoms with Gasteiger partial charge in [-0.15, -0.1) is 0 Å². The Hall–Kier alpha value is -3.74. The first-order chi connectivity index (χ1) is 17.7. The maximum atomic E-state index is 13.7. The molecule has 4 rings (SSSR count). The zero-order chi connectivity index (χ0) is 26.7. The topological polar surface area (TPSA) is 91.3 Å². The molecule has 1 heterocycles. The van der Waals surface area contributed by atoms with E-state index in [1.165, 1.54) is 6.92 Å². The zero-order valence-corrected chi connectivity index (χ0v) is 21.9. The van der Waals surface area contributed by atoms with E-state index in [1.807, 2.05) is 45.0 Å². The molecule has 0 amide bonds. The van der Waals surface area contributed by atoms with Gasteiger partial charge in [-0.05, 0) is 68.0 Å². The number of nitrogens with zero attached hydrogens (tertiary/aromatic N) is 1. The second-order valence-corrected chi connectivity index (χ2v) is 9.69. The van der Waals surface area contributed by atoms with Crippen molar-refractivity contribution >= 4 is 23.4 Å². The summed E-state index contributed by atoms with van der Waals surface area (Å²) in [6.45, 7) is 6.97. The fourth-order valence-corrected chi connectivity index (χ4v) is 5.10. The highest BCUT2D eigenvalue weighted by atomic mass is 16.5. The molecule has 0 radical (unpaired) electrons. The van der Waals surface area contributed by atoms with Crippen molar-refractivity contribution in [3.05, 3.63) is 70.9 Å². The molecule has 4 atom stereocenters.